The van der Waals surface area contributed by atoms with Crippen LogP contribution in [0.4, 0.5) is 4.79 Å². The van der Waals surface area contributed by atoms with Crippen molar-refractivity contribution >= 4 is 23.7 Å². The largest absolute Gasteiger partial charge is 0.416 e. The maximum Gasteiger partial charge on any atom is 0.328 e. The van der Waals surface area contributed by atoms with Gasteiger partial charge in [0.05, 0.1) is 18.7 Å². The van der Waals surface area contributed by atoms with Crippen molar-refractivity contribution in [2.24, 2.45) is 0 Å². The maximum atomic E-state index is 12.9. The second-order valence-electron chi connectivity index (χ2n) is 6.47. The number of thioether (sulfide) groups is 1. The highest BCUT2D eigenvalue weighted by Gasteiger charge is 2.17. The highest BCUT2D eigenvalue weighted by molar-refractivity contribution is 7.99. The lowest BCUT2D eigenvalue weighted by Gasteiger charge is -2.09. The van der Waals surface area contributed by atoms with Gasteiger partial charge in [-0.05, 0) is 12.5 Å². The molecule has 162 valence electrons. The van der Waals surface area contributed by atoms with Crippen LogP contribution in [0.3, 0.4) is 0 Å². The molecule has 0 atom stereocenters. The molecule has 3 N–H and O–H groups in total. The zero-order chi connectivity index (χ0) is 22.4. The first kappa shape index (κ1) is 22.0. The minimum Gasteiger partial charge on any atom is -0.416 e. The Hall–Kier alpha value is -3.67. The number of benzene rings is 1. The number of carbonyl (C=O) groups excluding carboxylic acids is 2. The highest BCUT2D eigenvalue weighted by atomic mass is 32.2. The molecule has 0 saturated heterocycles. The molecule has 3 amide bonds. The van der Waals surface area contributed by atoms with E-state index in [4.69, 9.17) is 4.42 Å². The summed E-state index contributed by atoms with van der Waals surface area (Å²) in [4.78, 5) is 50.7. The summed E-state index contributed by atoms with van der Waals surface area (Å²) >= 11 is 0.955. The molecule has 12 heteroatoms. The van der Waals surface area contributed by atoms with E-state index in [-0.39, 0.29) is 29.8 Å². The first-order chi connectivity index (χ1) is 14.9. The fraction of sp³-hybridized carbons (Fsp3) is 0.263. The third-order valence-electron chi connectivity index (χ3n) is 4.26. The van der Waals surface area contributed by atoms with Gasteiger partial charge in [-0.1, -0.05) is 42.1 Å². The minimum absolute atomic E-state index is 0.0221. The molecule has 0 unspecified atom stereocenters. The molecule has 0 aliphatic heterocycles. The van der Waals surface area contributed by atoms with Gasteiger partial charge < -0.3 is 14.7 Å². The summed E-state index contributed by atoms with van der Waals surface area (Å²) in [6.45, 7) is 1.76. The van der Waals surface area contributed by atoms with E-state index < -0.39 is 23.2 Å². The van der Waals surface area contributed by atoms with Crippen LogP contribution < -0.4 is 21.9 Å². The number of H-pyrrole nitrogens is 1. The van der Waals surface area contributed by atoms with Crippen LogP contribution in [0.1, 0.15) is 22.7 Å². The van der Waals surface area contributed by atoms with Gasteiger partial charge in [0.25, 0.3) is 10.8 Å². The number of aryl methyl sites for hydroxylation is 1. The zero-order valence-electron chi connectivity index (χ0n) is 16.8. The van der Waals surface area contributed by atoms with E-state index in [0.29, 0.717) is 11.3 Å². The Morgan fingerprint density at radius 1 is 1.19 bits per heavy atom. The number of carbonyl (C=O) groups is 2. The Kier molecular flexibility index (Phi) is 7.03. The molecular formula is C19H20N6O5S. The van der Waals surface area contributed by atoms with Crippen LogP contribution in [0.25, 0.3) is 0 Å². The van der Waals surface area contributed by atoms with Crippen molar-refractivity contribution in [3.05, 3.63) is 73.9 Å². The number of nitrogens with one attached hydrogen (secondary N) is 3. The predicted octanol–water partition coefficient (Wildman–Crippen LogP) is 0.415. The Morgan fingerprint density at radius 3 is 2.65 bits per heavy atom. The first-order valence-electron chi connectivity index (χ1n) is 9.20. The normalized spacial score (nSPS) is 10.6. The number of urea groups is 1. The Bertz CT molecular complexity index is 1200. The summed E-state index contributed by atoms with van der Waals surface area (Å²) in [6, 6.07) is 8.55. The van der Waals surface area contributed by atoms with E-state index in [9.17, 15) is 19.2 Å². The minimum atomic E-state index is -0.614. The number of aromatic amines is 1. The molecule has 0 aliphatic rings. The van der Waals surface area contributed by atoms with E-state index in [1.165, 1.54) is 7.05 Å². The Balaban J connectivity index is 1.74. The lowest BCUT2D eigenvalue weighted by atomic mass is 10.1. The summed E-state index contributed by atoms with van der Waals surface area (Å²) in [5, 5.41) is 12.2. The van der Waals surface area contributed by atoms with Gasteiger partial charge in [0, 0.05) is 18.3 Å². The quantitative estimate of drug-likeness (QED) is 0.443. The fourth-order valence-electron chi connectivity index (χ4n) is 2.71. The average molecular weight is 444 g/mol. The molecule has 11 nitrogen and oxygen atoms in total. The van der Waals surface area contributed by atoms with Gasteiger partial charge in [0.15, 0.2) is 0 Å². The molecule has 0 fully saturated rings. The highest BCUT2D eigenvalue weighted by Crippen LogP contribution is 2.17. The lowest BCUT2D eigenvalue weighted by molar-refractivity contribution is -0.117. The summed E-state index contributed by atoms with van der Waals surface area (Å²) < 4.78 is 6.61. The number of hydrogen-bond acceptors (Lipinski definition) is 8. The fourth-order valence-corrected chi connectivity index (χ4v) is 3.29. The number of aromatic nitrogens is 4. The number of amides is 3. The van der Waals surface area contributed by atoms with Gasteiger partial charge in [-0.25, -0.2) is 9.59 Å². The second-order valence-corrected chi connectivity index (χ2v) is 7.39. The zero-order valence-corrected chi connectivity index (χ0v) is 17.6. The molecule has 0 spiro atoms. The van der Waals surface area contributed by atoms with Crippen molar-refractivity contribution < 1.29 is 14.0 Å². The molecule has 2 aromatic heterocycles. The van der Waals surface area contributed by atoms with Crippen molar-refractivity contribution in [2.75, 3.05) is 12.8 Å². The predicted molar refractivity (Wildman–Crippen MR) is 112 cm³/mol. The molecule has 1 aromatic carbocycles. The molecule has 0 saturated carbocycles. The third kappa shape index (κ3) is 5.69. The number of nitrogens with zero attached hydrogens (tertiary/aromatic N) is 3. The van der Waals surface area contributed by atoms with Gasteiger partial charge in [0.1, 0.15) is 0 Å². The van der Waals surface area contributed by atoms with Crippen LogP contribution in [-0.2, 0) is 17.8 Å². The van der Waals surface area contributed by atoms with Crippen molar-refractivity contribution in [1.82, 2.24) is 30.4 Å². The Morgan fingerprint density at radius 2 is 1.94 bits per heavy atom. The average Bonchev–Trinajstić information content (AvgIpc) is 3.21. The topological polar surface area (TPSA) is 152 Å². The van der Waals surface area contributed by atoms with Crippen molar-refractivity contribution in [3.63, 3.8) is 0 Å². The number of rotatable bonds is 7. The van der Waals surface area contributed by atoms with Gasteiger partial charge in [-0.2, -0.15) is 0 Å². The van der Waals surface area contributed by atoms with E-state index in [1.807, 2.05) is 30.3 Å². The summed E-state index contributed by atoms with van der Waals surface area (Å²) in [7, 11) is 1.40. The molecule has 0 bridgehead atoms. The molecule has 31 heavy (non-hydrogen) atoms. The Labute approximate surface area is 180 Å². The third-order valence-corrected chi connectivity index (χ3v) is 5.08. The van der Waals surface area contributed by atoms with Gasteiger partial charge in [-0.3, -0.25) is 19.5 Å². The molecule has 2 heterocycles. The van der Waals surface area contributed by atoms with Crippen LogP contribution in [0.15, 0.2) is 49.6 Å². The van der Waals surface area contributed by atoms with Gasteiger partial charge in [-0.15, -0.1) is 10.2 Å². The summed E-state index contributed by atoms with van der Waals surface area (Å²) in [5.74, 6) is -0.464. The van der Waals surface area contributed by atoms with E-state index in [1.54, 1.807) is 6.92 Å². The molecular weight excluding hydrogens is 424 g/mol. The van der Waals surface area contributed by atoms with E-state index in [0.717, 1.165) is 21.9 Å². The van der Waals surface area contributed by atoms with Gasteiger partial charge >= 0.3 is 11.7 Å². The van der Waals surface area contributed by atoms with Gasteiger partial charge in [0.2, 0.25) is 11.8 Å². The van der Waals surface area contributed by atoms with Crippen LogP contribution >= 0.6 is 11.8 Å². The summed E-state index contributed by atoms with van der Waals surface area (Å²) in [6.07, 6.45) is 0.0221. The van der Waals surface area contributed by atoms with Crippen LogP contribution in [0.2, 0.25) is 0 Å². The molecule has 3 aromatic rings. The summed E-state index contributed by atoms with van der Waals surface area (Å²) in [5.41, 5.74) is 0.614. The number of imide groups is 1. The molecule has 3 rings (SSSR count). The lowest BCUT2D eigenvalue weighted by Crippen LogP contribution is -2.38. The van der Waals surface area contributed by atoms with Crippen molar-refractivity contribution in [1.29, 1.82) is 0 Å². The van der Waals surface area contributed by atoms with Crippen LogP contribution in [0.5, 0.6) is 0 Å². The maximum absolute atomic E-state index is 12.9. The van der Waals surface area contributed by atoms with Crippen molar-refractivity contribution in [2.45, 2.75) is 25.1 Å². The molecule has 0 radical (unpaired) electrons. The van der Waals surface area contributed by atoms with Crippen LogP contribution in [0, 0.1) is 6.92 Å². The second kappa shape index (κ2) is 9.89. The standard InChI is InChI=1S/C19H20N6O5S/c1-11-13(16(27)25(18(29)21-11)9-12-6-4-3-5-7-12)8-15-23-24-19(30-15)31-10-14(26)22-17(28)20-2/h3-7H,8-10H2,1-2H3,(H,21,29)(H2,20,22,26,28). The van der Waals surface area contributed by atoms with E-state index in [2.05, 4.69) is 25.8 Å². The first-order valence-corrected chi connectivity index (χ1v) is 10.2. The SMILES string of the molecule is CNC(=O)NC(=O)CSc1nnc(Cc2c(C)[nH]c(=O)n(Cc3ccccc3)c2=O)o1. The monoisotopic (exact) mass is 444 g/mol. The smallest absolute Gasteiger partial charge is 0.328 e. The number of hydrogen-bond donors (Lipinski definition) is 3. The van der Waals surface area contributed by atoms with Crippen LogP contribution in [-0.4, -0.2) is 44.5 Å². The van der Waals surface area contributed by atoms with Crippen molar-refractivity contribution in [3.8, 4) is 0 Å². The van der Waals surface area contributed by atoms with E-state index >= 15 is 0 Å². The molecule has 0 aliphatic carbocycles.